The van der Waals surface area contributed by atoms with E-state index in [1.54, 1.807) is 26.8 Å². The molecule has 2 nitrogen and oxygen atoms in total. The van der Waals surface area contributed by atoms with E-state index in [0.29, 0.717) is 0 Å². The van der Waals surface area contributed by atoms with Crippen LogP contribution in [0.5, 0.6) is 0 Å². The molecule has 0 heterocycles. The Balaban J connectivity index is 3.41. The molecule has 0 aliphatic carbocycles. The third-order valence-electron chi connectivity index (χ3n) is 3.48. The molecule has 0 saturated carbocycles. The van der Waals surface area contributed by atoms with Gasteiger partial charge in [0, 0.05) is 16.7 Å². The third-order valence-corrected chi connectivity index (χ3v) is 3.48. The van der Waals surface area contributed by atoms with Crippen LogP contribution in [0.3, 0.4) is 0 Å². The van der Waals surface area contributed by atoms with Crippen molar-refractivity contribution in [2.45, 2.75) is 53.1 Å². The number of amides is 1. The molecular formula is C18H24F3NO. The van der Waals surface area contributed by atoms with Crippen molar-refractivity contribution < 1.29 is 18.0 Å². The van der Waals surface area contributed by atoms with Crippen LogP contribution in [0.25, 0.3) is 5.57 Å². The molecule has 1 aromatic carbocycles. The topological polar surface area (TPSA) is 29.1 Å². The molecule has 0 spiro atoms. The summed E-state index contributed by atoms with van der Waals surface area (Å²) in [6.07, 6.45) is -4.56. The average molecular weight is 327 g/mol. The fourth-order valence-corrected chi connectivity index (χ4v) is 1.83. The molecule has 0 aliphatic rings. The molecular weight excluding hydrogens is 303 g/mol. The Labute approximate surface area is 135 Å². The number of carbonyl (C=O) groups excluding carboxylic acids is 1. The van der Waals surface area contributed by atoms with Crippen molar-refractivity contribution >= 4 is 17.2 Å². The number of hydrogen-bond acceptors (Lipinski definition) is 1. The number of alkyl halides is 3. The van der Waals surface area contributed by atoms with Crippen LogP contribution >= 0.6 is 0 Å². The van der Waals surface area contributed by atoms with Crippen molar-refractivity contribution in [3.05, 3.63) is 35.9 Å². The van der Waals surface area contributed by atoms with Gasteiger partial charge in [-0.3, -0.25) is 4.79 Å². The minimum atomic E-state index is -4.56. The summed E-state index contributed by atoms with van der Waals surface area (Å²) in [5, 5.41) is 2.58. The van der Waals surface area contributed by atoms with E-state index < -0.39 is 17.2 Å². The van der Waals surface area contributed by atoms with E-state index in [9.17, 15) is 18.0 Å². The Morgan fingerprint density at radius 2 is 1.57 bits per heavy atom. The first-order valence-electron chi connectivity index (χ1n) is 7.36. The van der Waals surface area contributed by atoms with E-state index in [0.717, 1.165) is 5.56 Å². The number of carbonyl (C=O) groups is 1. The van der Waals surface area contributed by atoms with Gasteiger partial charge in [-0.1, -0.05) is 54.2 Å². The predicted octanol–water partition coefficient (Wildman–Crippen LogP) is 5.54. The van der Waals surface area contributed by atoms with Crippen LogP contribution in [0.15, 0.2) is 24.8 Å². The maximum atomic E-state index is 13.1. The molecule has 128 valence electrons. The number of anilines is 1. The Kier molecular flexibility index (Phi) is 5.04. The average Bonchev–Trinajstić information content (AvgIpc) is 2.34. The number of nitrogens with one attached hydrogen (secondary N) is 1. The summed E-state index contributed by atoms with van der Waals surface area (Å²) in [6, 6.07) is 4.69. The summed E-state index contributed by atoms with van der Waals surface area (Å²) in [7, 11) is 0. The van der Waals surface area contributed by atoms with E-state index in [1.807, 2.05) is 20.8 Å². The van der Waals surface area contributed by atoms with Gasteiger partial charge in [-0.15, -0.1) is 0 Å². The molecule has 0 aromatic heterocycles. The fourth-order valence-electron chi connectivity index (χ4n) is 1.83. The van der Waals surface area contributed by atoms with Crippen molar-refractivity contribution in [3.63, 3.8) is 0 Å². The number of allylic oxidation sites excluding steroid dienone is 1. The summed E-state index contributed by atoms with van der Waals surface area (Å²) in [5.41, 5.74) is -1.21. The first kappa shape index (κ1) is 19.3. The standard InChI is InChI=1S/C18H24F3NO/c1-11(18(19,20)21)13-10-12(16(2,3)4)8-9-14(13)22-15(23)17(5,6)7/h8-10H,1H2,2-7H3,(H,22,23). The SMILES string of the molecule is C=C(c1cc(C(C)(C)C)ccc1NC(=O)C(C)(C)C)C(F)(F)F. The second-order valence-corrected chi connectivity index (χ2v) is 7.69. The first-order chi connectivity index (χ1) is 10.1. The van der Waals surface area contributed by atoms with E-state index in [-0.39, 0.29) is 22.6 Å². The van der Waals surface area contributed by atoms with E-state index in [1.165, 1.54) is 12.1 Å². The smallest absolute Gasteiger partial charge is 0.325 e. The molecule has 0 bridgehead atoms. The van der Waals surface area contributed by atoms with Gasteiger partial charge in [-0.25, -0.2) is 0 Å². The molecule has 23 heavy (non-hydrogen) atoms. The van der Waals surface area contributed by atoms with Gasteiger partial charge in [-0.05, 0) is 23.1 Å². The lowest BCUT2D eigenvalue weighted by Gasteiger charge is -2.24. The van der Waals surface area contributed by atoms with Crippen LogP contribution in [0.2, 0.25) is 0 Å². The molecule has 1 aromatic rings. The van der Waals surface area contributed by atoms with Gasteiger partial charge < -0.3 is 5.32 Å². The molecule has 0 unspecified atom stereocenters. The highest BCUT2D eigenvalue weighted by Gasteiger charge is 2.35. The van der Waals surface area contributed by atoms with Gasteiger partial charge in [0.1, 0.15) is 0 Å². The van der Waals surface area contributed by atoms with Gasteiger partial charge in [0.25, 0.3) is 0 Å². The summed E-state index contributed by atoms with van der Waals surface area (Å²) in [5.74, 6) is -0.350. The van der Waals surface area contributed by atoms with E-state index in [2.05, 4.69) is 11.9 Å². The number of rotatable bonds is 2. The molecule has 1 rings (SSSR count). The number of halogens is 3. The van der Waals surface area contributed by atoms with Gasteiger partial charge in [0.15, 0.2) is 0 Å². The second kappa shape index (κ2) is 6.02. The Morgan fingerprint density at radius 3 is 1.96 bits per heavy atom. The number of hydrogen-bond donors (Lipinski definition) is 1. The molecule has 0 aliphatic heterocycles. The van der Waals surface area contributed by atoms with Crippen molar-refractivity contribution in [1.82, 2.24) is 0 Å². The number of benzene rings is 1. The summed E-state index contributed by atoms with van der Waals surface area (Å²) in [6.45, 7) is 14.0. The highest BCUT2D eigenvalue weighted by molar-refractivity contribution is 5.97. The lowest BCUT2D eigenvalue weighted by atomic mass is 9.84. The zero-order valence-corrected chi connectivity index (χ0v) is 14.5. The lowest BCUT2D eigenvalue weighted by molar-refractivity contribution is -0.123. The van der Waals surface area contributed by atoms with Gasteiger partial charge in [0.2, 0.25) is 5.91 Å². The zero-order valence-electron chi connectivity index (χ0n) is 14.5. The van der Waals surface area contributed by atoms with Crippen LogP contribution in [0.4, 0.5) is 18.9 Å². The van der Waals surface area contributed by atoms with Gasteiger partial charge >= 0.3 is 6.18 Å². The maximum absolute atomic E-state index is 13.1. The van der Waals surface area contributed by atoms with Crippen LogP contribution in [0, 0.1) is 5.41 Å². The summed E-state index contributed by atoms with van der Waals surface area (Å²) >= 11 is 0. The minimum Gasteiger partial charge on any atom is -0.325 e. The molecule has 1 N–H and O–H groups in total. The van der Waals surface area contributed by atoms with Crippen LogP contribution in [0.1, 0.15) is 52.7 Å². The Bertz CT molecular complexity index is 617. The molecule has 0 radical (unpaired) electrons. The molecule has 0 atom stereocenters. The van der Waals surface area contributed by atoms with E-state index >= 15 is 0 Å². The largest absolute Gasteiger partial charge is 0.416 e. The summed E-state index contributed by atoms with van der Waals surface area (Å²) < 4.78 is 39.3. The quantitative estimate of drug-likeness (QED) is 0.758. The molecule has 0 saturated heterocycles. The van der Waals surface area contributed by atoms with Crippen molar-refractivity contribution in [2.75, 3.05) is 5.32 Å². The zero-order chi connectivity index (χ0) is 18.2. The third kappa shape index (κ3) is 4.85. The van der Waals surface area contributed by atoms with E-state index in [4.69, 9.17) is 0 Å². The van der Waals surface area contributed by atoms with Gasteiger partial charge in [0.05, 0.1) is 5.57 Å². The Hall–Kier alpha value is -1.78. The van der Waals surface area contributed by atoms with Crippen LogP contribution in [-0.4, -0.2) is 12.1 Å². The fraction of sp³-hybridized carbons (Fsp3) is 0.500. The first-order valence-corrected chi connectivity index (χ1v) is 7.36. The van der Waals surface area contributed by atoms with Gasteiger partial charge in [-0.2, -0.15) is 13.2 Å². The lowest BCUT2D eigenvalue weighted by Crippen LogP contribution is -2.28. The van der Waals surface area contributed by atoms with Crippen molar-refractivity contribution in [3.8, 4) is 0 Å². The normalized spacial score (nSPS) is 12.9. The molecule has 0 fully saturated rings. The highest BCUT2D eigenvalue weighted by Crippen LogP contribution is 2.38. The highest BCUT2D eigenvalue weighted by atomic mass is 19.4. The monoisotopic (exact) mass is 327 g/mol. The maximum Gasteiger partial charge on any atom is 0.416 e. The minimum absolute atomic E-state index is 0.0949. The second-order valence-electron chi connectivity index (χ2n) is 7.69. The van der Waals surface area contributed by atoms with Crippen molar-refractivity contribution in [2.24, 2.45) is 5.41 Å². The summed E-state index contributed by atoms with van der Waals surface area (Å²) in [4.78, 5) is 12.1. The van der Waals surface area contributed by atoms with Crippen LogP contribution in [-0.2, 0) is 10.2 Å². The van der Waals surface area contributed by atoms with Crippen molar-refractivity contribution in [1.29, 1.82) is 0 Å². The Morgan fingerprint density at radius 1 is 1.04 bits per heavy atom. The molecule has 1 amide bonds. The molecule has 5 heteroatoms. The predicted molar refractivity (Wildman–Crippen MR) is 88.3 cm³/mol. The van der Waals surface area contributed by atoms with Crippen LogP contribution < -0.4 is 5.32 Å².